The molecule has 0 aromatic carbocycles. The van der Waals surface area contributed by atoms with Crippen LogP contribution >= 0.6 is 34.0 Å². The number of aromatic nitrogens is 3. The monoisotopic (exact) mass is 384 g/mol. The van der Waals surface area contributed by atoms with Gasteiger partial charge in [-0.25, -0.2) is 4.98 Å². The van der Waals surface area contributed by atoms with Gasteiger partial charge in [0.25, 0.3) is 5.91 Å². The maximum Gasteiger partial charge on any atom is 0.280 e. The van der Waals surface area contributed by atoms with Crippen molar-refractivity contribution < 1.29 is 4.79 Å². The number of nitrogens with zero attached hydrogens (tertiary/aromatic N) is 3. The molecule has 0 bridgehead atoms. The van der Waals surface area contributed by atoms with Crippen molar-refractivity contribution in [2.24, 2.45) is 0 Å². The summed E-state index contributed by atoms with van der Waals surface area (Å²) in [5.41, 5.74) is 3.38. The van der Waals surface area contributed by atoms with Crippen LogP contribution in [-0.2, 0) is 6.54 Å². The Morgan fingerprint density at radius 1 is 1.08 bits per heavy atom. The number of carbonyl (C=O) groups is 1. The van der Waals surface area contributed by atoms with Crippen molar-refractivity contribution in [3.05, 3.63) is 62.8 Å². The van der Waals surface area contributed by atoms with Gasteiger partial charge in [0.2, 0.25) is 0 Å². The van der Waals surface area contributed by atoms with Gasteiger partial charge in [-0.15, -0.1) is 22.7 Å². The molecule has 8 heteroatoms. The number of carbonyl (C=O) groups excluding carboxylic acids is 1. The topological polar surface area (TPSA) is 67.8 Å². The smallest absolute Gasteiger partial charge is 0.280 e. The summed E-state index contributed by atoms with van der Waals surface area (Å²) >= 11 is 4.55. The van der Waals surface area contributed by atoms with Gasteiger partial charge < -0.3 is 5.32 Å². The average Bonchev–Trinajstić information content (AvgIpc) is 3.41. The van der Waals surface area contributed by atoms with Gasteiger partial charge in [-0.3, -0.25) is 14.8 Å². The van der Waals surface area contributed by atoms with Gasteiger partial charge in [0.15, 0.2) is 5.01 Å². The van der Waals surface area contributed by atoms with E-state index in [0.717, 1.165) is 27.5 Å². The van der Waals surface area contributed by atoms with Crippen molar-refractivity contribution in [2.75, 3.05) is 0 Å². The van der Waals surface area contributed by atoms with E-state index in [1.807, 2.05) is 39.7 Å². The Bertz CT molecular complexity index is 977. The fraction of sp³-hybridized carbons (Fsp3) is 0.0588. The zero-order valence-corrected chi connectivity index (χ0v) is 15.3. The van der Waals surface area contributed by atoms with E-state index in [9.17, 15) is 4.79 Å². The average molecular weight is 385 g/mol. The third-order valence-corrected chi connectivity index (χ3v) is 5.87. The Morgan fingerprint density at radius 3 is 2.80 bits per heavy atom. The van der Waals surface area contributed by atoms with Gasteiger partial charge in [-0.2, -0.15) is 11.3 Å². The summed E-state index contributed by atoms with van der Waals surface area (Å²) in [5, 5.41) is 11.2. The second-order valence-corrected chi connectivity index (χ2v) is 7.65. The highest BCUT2D eigenvalue weighted by atomic mass is 32.1. The van der Waals surface area contributed by atoms with E-state index >= 15 is 0 Å². The molecule has 5 nitrogen and oxygen atoms in total. The van der Waals surface area contributed by atoms with Crippen LogP contribution in [0.2, 0.25) is 0 Å². The Morgan fingerprint density at radius 2 is 2.00 bits per heavy atom. The summed E-state index contributed by atoms with van der Waals surface area (Å²) in [6.07, 6.45) is 3.29. The summed E-state index contributed by atoms with van der Waals surface area (Å²) in [7, 11) is 0. The Labute approximate surface area is 156 Å². The third-order valence-electron chi connectivity index (χ3n) is 3.46. The zero-order valence-electron chi connectivity index (χ0n) is 12.9. The van der Waals surface area contributed by atoms with E-state index in [-0.39, 0.29) is 5.91 Å². The van der Waals surface area contributed by atoms with E-state index in [0.29, 0.717) is 11.6 Å². The molecule has 4 aromatic rings. The molecule has 0 aliphatic heterocycles. The molecule has 1 N–H and O–H groups in total. The number of hydrogen-bond acceptors (Lipinski definition) is 7. The summed E-state index contributed by atoms with van der Waals surface area (Å²) in [6, 6.07) is 5.96. The molecule has 4 heterocycles. The summed E-state index contributed by atoms with van der Waals surface area (Å²) in [5.74, 6) is -0.199. The normalized spacial score (nSPS) is 10.7. The minimum Gasteiger partial charge on any atom is -0.344 e. The van der Waals surface area contributed by atoms with Crippen molar-refractivity contribution in [3.63, 3.8) is 0 Å². The first kappa shape index (κ1) is 16.1. The molecule has 0 spiro atoms. The lowest BCUT2D eigenvalue weighted by Gasteiger charge is -2.06. The van der Waals surface area contributed by atoms with Crippen LogP contribution in [0.5, 0.6) is 0 Å². The molecule has 4 aromatic heterocycles. The predicted molar refractivity (Wildman–Crippen MR) is 102 cm³/mol. The second kappa shape index (κ2) is 7.22. The number of amides is 1. The number of hydrogen-bond donors (Lipinski definition) is 1. The molecule has 25 heavy (non-hydrogen) atoms. The predicted octanol–water partition coefficient (Wildman–Crippen LogP) is 4.32. The van der Waals surface area contributed by atoms with Crippen LogP contribution in [-0.4, -0.2) is 20.9 Å². The molecule has 0 unspecified atom stereocenters. The quantitative estimate of drug-likeness (QED) is 0.556. The number of rotatable bonds is 5. The van der Waals surface area contributed by atoms with Crippen LogP contribution in [0, 0.1) is 0 Å². The minimum atomic E-state index is -0.199. The lowest BCUT2D eigenvalue weighted by atomic mass is 10.2. The molecular formula is C17H12N4OS3. The van der Waals surface area contributed by atoms with Gasteiger partial charge in [0.05, 0.1) is 28.5 Å². The van der Waals surface area contributed by atoms with Gasteiger partial charge in [0, 0.05) is 28.7 Å². The third kappa shape index (κ3) is 3.51. The summed E-state index contributed by atoms with van der Waals surface area (Å²) in [6.45, 7) is 0.311. The Balaban J connectivity index is 1.48. The number of nitrogens with one attached hydrogen (secondary N) is 1. The molecule has 0 aliphatic carbocycles. The fourth-order valence-electron chi connectivity index (χ4n) is 2.29. The molecule has 0 saturated carbocycles. The van der Waals surface area contributed by atoms with Crippen molar-refractivity contribution in [1.29, 1.82) is 0 Å². The lowest BCUT2D eigenvalue weighted by molar-refractivity contribution is 0.0950. The van der Waals surface area contributed by atoms with E-state index in [1.165, 1.54) is 11.3 Å². The first-order valence-electron chi connectivity index (χ1n) is 7.41. The minimum absolute atomic E-state index is 0.199. The molecular weight excluding hydrogens is 372 g/mol. The maximum atomic E-state index is 12.4. The SMILES string of the molecule is O=C(NCc1nccnc1-c1ccsc1)c1nc(-c2cccs2)cs1. The molecule has 4 rings (SSSR count). The van der Waals surface area contributed by atoms with E-state index in [2.05, 4.69) is 20.3 Å². The second-order valence-electron chi connectivity index (χ2n) is 5.06. The van der Waals surface area contributed by atoms with Gasteiger partial charge in [-0.1, -0.05) is 6.07 Å². The Hall–Kier alpha value is -2.42. The summed E-state index contributed by atoms with van der Waals surface area (Å²) in [4.78, 5) is 26.6. The van der Waals surface area contributed by atoms with Gasteiger partial charge >= 0.3 is 0 Å². The van der Waals surface area contributed by atoms with Crippen molar-refractivity contribution in [3.8, 4) is 21.8 Å². The largest absolute Gasteiger partial charge is 0.344 e. The van der Waals surface area contributed by atoms with Crippen LogP contribution in [0.4, 0.5) is 0 Å². The molecule has 0 aliphatic rings. The van der Waals surface area contributed by atoms with Crippen molar-refractivity contribution in [2.45, 2.75) is 6.54 Å². The first-order valence-corrected chi connectivity index (χ1v) is 10.1. The molecule has 0 fully saturated rings. The molecule has 0 radical (unpaired) electrons. The number of thiazole rings is 1. The fourth-order valence-corrected chi connectivity index (χ4v) is 4.43. The van der Waals surface area contributed by atoms with Crippen molar-refractivity contribution >= 4 is 39.9 Å². The van der Waals surface area contributed by atoms with Crippen LogP contribution in [0.25, 0.3) is 21.8 Å². The molecule has 0 atom stereocenters. The van der Waals surface area contributed by atoms with Crippen LogP contribution < -0.4 is 5.32 Å². The van der Waals surface area contributed by atoms with E-state index in [1.54, 1.807) is 35.1 Å². The maximum absolute atomic E-state index is 12.4. The molecule has 124 valence electrons. The van der Waals surface area contributed by atoms with Crippen LogP contribution in [0.1, 0.15) is 15.5 Å². The molecule has 0 saturated heterocycles. The van der Waals surface area contributed by atoms with Gasteiger partial charge in [-0.05, 0) is 22.9 Å². The summed E-state index contributed by atoms with van der Waals surface area (Å²) < 4.78 is 0. The Kier molecular flexibility index (Phi) is 4.64. The highest BCUT2D eigenvalue weighted by Gasteiger charge is 2.14. The highest BCUT2D eigenvalue weighted by molar-refractivity contribution is 7.15. The van der Waals surface area contributed by atoms with Crippen molar-refractivity contribution in [1.82, 2.24) is 20.3 Å². The zero-order chi connectivity index (χ0) is 17.1. The standard InChI is InChI=1S/C17H12N4OS3/c22-16(17-21-13(10-25-17)14-2-1-6-24-14)20-8-12-15(19-5-4-18-12)11-3-7-23-9-11/h1-7,9-10H,8H2,(H,20,22). The molecule has 1 amide bonds. The first-order chi connectivity index (χ1) is 12.3. The van der Waals surface area contributed by atoms with Crippen LogP contribution in [0.15, 0.2) is 52.1 Å². The highest BCUT2D eigenvalue weighted by Crippen LogP contribution is 2.26. The van der Waals surface area contributed by atoms with Gasteiger partial charge in [0.1, 0.15) is 0 Å². The van der Waals surface area contributed by atoms with Crippen LogP contribution in [0.3, 0.4) is 0 Å². The number of thiophene rings is 2. The van der Waals surface area contributed by atoms with E-state index in [4.69, 9.17) is 0 Å². The lowest BCUT2D eigenvalue weighted by Crippen LogP contribution is -2.23. The van der Waals surface area contributed by atoms with E-state index < -0.39 is 0 Å².